The molecule has 0 heterocycles. The minimum absolute atomic E-state index is 0.0905. The SMILES string of the molecule is CN(C(CN)c1ccccc1Br)C(C)(C)CO. The molecule has 0 aliphatic heterocycles. The van der Waals surface area contributed by atoms with E-state index >= 15 is 0 Å². The highest BCUT2D eigenvalue weighted by molar-refractivity contribution is 9.10. The summed E-state index contributed by atoms with van der Waals surface area (Å²) in [5.74, 6) is 0. The molecule has 0 aromatic heterocycles. The van der Waals surface area contributed by atoms with Crippen LogP contribution in [0.15, 0.2) is 28.7 Å². The van der Waals surface area contributed by atoms with Crippen molar-refractivity contribution >= 4 is 15.9 Å². The Kier molecular flexibility index (Phi) is 5.13. The van der Waals surface area contributed by atoms with E-state index in [1.54, 1.807) is 0 Å². The Labute approximate surface area is 112 Å². The van der Waals surface area contributed by atoms with Crippen LogP contribution in [0.5, 0.6) is 0 Å². The average Bonchev–Trinajstić information content (AvgIpc) is 2.32. The molecule has 1 atom stereocenters. The number of aliphatic hydroxyl groups excluding tert-OH is 1. The molecule has 17 heavy (non-hydrogen) atoms. The normalized spacial score (nSPS) is 14.1. The molecule has 0 amide bonds. The average molecular weight is 301 g/mol. The third-order valence-corrected chi connectivity index (χ3v) is 4.02. The maximum atomic E-state index is 9.43. The van der Waals surface area contributed by atoms with Crippen molar-refractivity contribution in [1.82, 2.24) is 4.90 Å². The number of hydrogen-bond donors (Lipinski definition) is 2. The number of halogens is 1. The maximum Gasteiger partial charge on any atom is 0.0610 e. The highest BCUT2D eigenvalue weighted by Crippen LogP contribution is 2.30. The summed E-state index contributed by atoms with van der Waals surface area (Å²) in [5, 5.41) is 9.43. The van der Waals surface area contributed by atoms with Gasteiger partial charge in [-0.15, -0.1) is 0 Å². The first kappa shape index (κ1) is 14.6. The van der Waals surface area contributed by atoms with Gasteiger partial charge in [-0.2, -0.15) is 0 Å². The summed E-state index contributed by atoms with van der Waals surface area (Å²) in [6.45, 7) is 4.63. The molecule has 0 spiro atoms. The van der Waals surface area contributed by atoms with E-state index in [4.69, 9.17) is 5.73 Å². The molecule has 96 valence electrons. The highest BCUT2D eigenvalue weighted by Gasteiger charge is 2.29. The summed E-state index contributed by atoms with van der Waals surface area (Å²) in [7, 11) is 1.99. The second-order valence-corrected chi connectivity index (χ2v) is 5.71. The fourth-order valence-electron chi connectivity index (χ4n) is 1.77. The lowest BCUT2D eigenvalue weighted by atomic mass is 9.98. The number of aliphatic hydroxyl groups is 1. The number of nitrogens with two attached hydrogens (primary N) is 1. The van der Waals surface area contributed by atoms with Crippen molar-refractivity contribution in [3.8, 4) is 0 Å². The molecule has 0 fully saturated rings. The van der Waals surface area contributed by atoms with Crippen molar-refractivity contribution in [3.05, 3.63) is 34.3 Å². The number of nitrogens with zero attached hydrogens (tertiary/aromatic N) is 1. The number of rotatable bonds is 5. The fourth-order valence-corrected chi connectivity index (χ4v) is 2.32. The monoisotopic (exact) mass is 300 g/mol. The van der Waals surface area contributed by atoms with E-state index in [0.29, 0.717) is 6.54 Å². The second kappa shape index (κ2) is 5.96. The van der Waals surface area contributed by atoms with Gasteiger partial charge in [0, 0.05) is 22.6 Å². The molecule has 4 heteroatoms. The zero-order valence-corrected chi connectivity index (χ0v) is 12.2. The largest absolute Gasteiger partial charge is 0.394 e. The minimum Gasteiger partial charge on any atom is -0.394 e. The van der Waals surface area contributed by atoms with Gasteiger partial charge in [-0.3, -0.25) is 4.90 Å². The fraction of sp³-hybridized carbons (Fsp3) is 0.538. The molecule has 1 aromatic carbocycles. The minimum atomic E-state index is -0.292. The Bertz CT molecular complexity index is 368. The molecular weight excluding hydrogens is 280 g/mol. The van der Waals surface area contributed by atoms with Gasteiger partial charge >= 0.3 is 0 Å². The van der Waals surface area contributed by atoms with Crippen LogP contribution in [0.25, 0.3) is 0 Å². The van der Waals surface area contributed by atoms with E-state index in [0.717, 1.165) is 10.0 Å². The number of benzene rings is 1. The molecular formula is C13H21BrN2O. The lowest BCUT2D eigenvalue weighted by Crippen LogP contribution is -2.48. The Morgan fingerprint density at radius 3 is 2.47 bits per heavy atom. The molecule has 1 rings (SSSR count). The van der Waals surface area contributed by atoms with Crippen molar-refractivity contribution in [2.75, 3.05) is 20.2 Å². The van der Waals surface area contributed by atoms with E-state index in [9.17, 15) is 5.11 Å². The van der Waals surface area contributed by atoms with Gasteiger partial charge in [-0.25, -0.2) is 0 Å². The Balaban J connectivity index is 3.04. The van der Waals surface area contributed by atoms with E-state index in [1.165, 1.54) is 0 Å². The van der Waals surface area contributed by atoms with Crippen LogP contribution in [0, 0.1) is 0 Å². The predicted octanol–water partition coefficient (Wildman–Crippen LogP) is 2.15. The van der Waals surface area contributed by atoms with Gasteiger partial charge < -0.3 is 10.8 Å². The molecule has 0 saturated heterocycles. The van der Waals surface area contributed by atoms with E-state index < -0.39 is 0 Å². The predicted molar refractivity (Wildman–Crippen MR) is 74.9 cm³/mol. The van der Waals surface area contributed by atoms with E-state index in [2.05, 4.69) is 26.9 Å². The van der Waals surface area contributed by atoms with Crippen LogP contribution < -0.4 is 5.73 Å². The molecule has 0 aliphatic rings. The summed E-state index contributed by atoms with van der Waals surface area (Å²) in [4.78, 5) is 2.12. The molecule has 0 radical (unpaired) electrons. The molecule has 1 unspecified atom stereocenters. The Morgan fingerprint density at radius 1 is 1.41 bits per heavy atom. The summed E-state index contributed by atoms with van der Waals surface area (Å²) < 4.78 is 1.05. The summed E-state index contributed by atoms with van der Waals surface area (Å²) in [5.41, 5.74) is 6.74. The molecule has 0 saturated carbocycles. The van der Waals surface area contributed by atoms with Gasteiger partial charge in [-0.1, -0.05) is 34.1 Å². The van der Waals surface area contributed by atoms with Crippen molar-refractivity contribution in [3.63, 3.8) is 0 Å². The topological polar surface area (TPSA) is 49.5 Å². The molecule has 1 aromatic rings. The van der Waals surface area contributed by atoms with E-state index in [-0.39, 0.29) is 18.2 Å². The van der Waals surface area contributed by atoms with Gasteiger partial charge in [0.05, 0.1) is 6.61 Å². The molecule has 0 aliphatic carbocycles. The number of hydrogen-bond acceptors (Lipinski definition) is 3. The third-order valence-electron chi connectivity index (χ3n) is 3.30. The van der Waals surface area contributed by atoms with Gasteiger partial charge in [0.2, 0.25) is 0 Å². The summed E-state index contributed by atoms with van der Waals surface area (Å²) >= 11 is 3.55. The maximum absolute atomic E-state index is 9.43. The lowest BCUT2D eigenvalue weighted by Gasteiger charge is -2.40. The van der Waals surface area contributed by atoms with Gasteiger partial charge in [-0.05, 0) is 32.5 Å². The third kappa shape index (κ3) is 3.28. The van der Waals surface area contributed by atoms with Gasteiger partial charge in [0.1, 0.15) is 0 Å². The van der Waals surface area contributed by atoms with E-state index in [1.807, 2.05) is 39.1 Å². The molecule has 0 bridgehead atoms. The zero-order chi connectivity index (χ0) is 13.1. The molecule has 3 N–H and O–H groups in total. The Hall–Kier alpha value is -0.420. The van der Waals surface area contributed by atoms with Crippen LogP contribution in [0.2, 0.25) is 0 Å². The molecule has 3 nitrogen and oxygen atoms in total. The van der Waals surface area contributed by atoms with Crippen molar-refractivity contribution < 1.29 is 5.11 Å². The summed E-state index contributed by atoms with van der Waals surface area (Å²) in [6.07, 6.45) is 0. The zero-order valence-electron chi connectivity index (χ0n) is 10.7. The van der Waals surface area contributed by atoms with Crippen LogP contribution in [-0.4, -0.2) is 35.7 Å². The van der Waals surface area contributed by atoms with Crippen molar-refractivity contribution in [2.45, 2.75) is 25.4 Å². The first-order valence-electron chi connectivity index (χ1n) is 5.72. The second-order valence-electron chi connectivity index (χ2n) is 4.85. The van der Waals surface area contributed by atoms with Gasteiger partial charge in [0.15, 0.2) is 0 Å². The Morgan fingerprint density at radius 2 is 2.00 bits per heavy atom. The van der Waals surface area contributed by atoms with Crippen LogP contribution in [0.4, 0.5) is 0 Å². The first-order chi connectivity index (χ1) is 7.94. The first-order valence-corrected chi connectivity index (χ1v) is 6.51. The van der Waals surface area contributed by atoms with Crippen molar-refractivity contribution in [2.24, 2.45) is 5.73 Å². The standard InChI is InChI=1S/C13H21BrN2O/c1-13(2,9-17)16(3)12(8-15)10-6-4-5-7-11(10)14/h4-7,12,17H,8-9,15H2,1-3H3. The number of likely N-dealkylation sites (N-methyl/N-ethyl adjacent to an activating group) is 1. The van der Waals surface area contributed by atoms with Crippen LogP contribution in [0.3, 0.4) is 0 Å². The summed E-state index contributed by atoms with van der Waals surface area (Å²) in [6, 6.07) is 8.15. The van der Waals surface area contributed by atoms with Crippen LogP contribution in [-0.2, 0) is 0 Å². The highest BCUT2D eigenvalue weighted by atomic mass is 79.9. The van der Waals surface area contributed by atoms with Gasteiger partial charge in [0.25, 0.3) is 0 Å². The van der Waals surface area contributed by atoms with Crippen LogP contribution in [0.1, 0.15) is 25.5 Å². The smallest absolute Gasteiger partial charge is 0.0610 e. The van der Waals surface area contributed by atoms with Crippen LogP contribution >= 0.6 is 15.9 Å². The van der Waals surface area contributed by atoms with Crippen molar-refractivity contribution in [1.29, 1.82) is 0 Å². The quantitative estimate of drug-likeness (QED) is 0.876. The lowest BCUT2D eigenvalue weighted by molar-refractivity contribution is 0.0468.